The normalized spacial score (nSPS) is 21.1. The van der Waals surface area contributed by atoms with Gasteiger partial charge in [-0.1, -0.05) is 18.2 Å². The number of hydrogen-bond acceptors (Lipinski definition) is 1. The van der Waals surface area contributed by atoms with Crippen LogP contribution in [0.5, 0.6) is 0 Å². The van der Waals surface area contributed by atoms with Crippen LogP contribution in [0.25, 0.3) is 0 Å². The van der Waals surface area contributed by atoms with Crippen molar-refractivity contribution in [2.45, 2.75) is 37.5 Å². The SMILES string of the molecule is FC(F)(F)CCN1CCC[C@@H](c2cccc(C(F)(F)F)c2)C1. The zero-order chi connectivity index (χ0) is 16.4. The second-order valence-corrected chi connectivity index (χ2v) is 5.63. The molecular weight excluding hydrogens is 308 g/mol. The number of rotatable bonds is 3. The number of nitrogens with zero attached hydrogens (tertiary/aromatic N) is 1. The molecule has 0 saturated carbocycles. The number of benzene rings is 1. The molecule has 1 nitrogen and oxygen atoms in total. The quantitative estimate of drug-likeness (QED) is 0.719. The maximum absolute atomic E-state index is 12.7. The monoisotopic (exact) mass is 325 g/mol. The van der Waals surface area contributed by atoms with E-state index in [2.05, 4.69) is 0 Å². The Labute approximate surface area is 124 Å². The Bertz CT molecular complexity index is 494. The van der Waals surface area contributed by atoms with Crippen molar-refractivity contribution in [1.29, 1.82) is 0 Å². The Morgan fingerprint density at radius 1 is 1.09 bits per heavy atom. The summed E-state index contributed by atoms with van der Waals surface area (Å²) in [5.41, 5.74) is -0.163. The molecule has 22 heavy (non-hydrogen) atoms. The van der Waals surface area contributed by atoms with Gasteiger partial charge < -0.3 is 4.90 Å². The zero-order valence-corrected chi connectivity index (χ0v) is 11.8. The summed E-state index contributed by atoms with van der Waals surface area (Å²) in [4.78, 5) is 1.68. The van der Waals surface area contributed by atoms with Gasteiger partial charge in [-0.3, -0.25) is 0 Å². The third-order valence-electron chi connectivity index (χ3n) is 3.90. The molecule has 7 heteroatoms. The molecule has 0 aromatic heterocycles. The lowest BCUT2D eigenvalue weighted by atomic mass is 9.89. The number of alkyl halides is 6. The summed E-state index contributed by atoms with van der Waals surface area (Å²) in [6.07, 6.45) is -8.10. The van der Waals surface area contributed by atoms with E-state index in [0.717, 1.165) is 12.1 Å². The molecule has 1 atom stereocenters. The maximum Gasteiger partial charge on any atom is 0.416 e. The van der Waals surface area contributed by atoms with Gasteiger partial charge in [0.1, 0.15) is 0 Å². The third kappa shape index (κ3) is 4.90. The average Bonchev–Trinajstić information content (AvgIpc) is 2.44. The second-order valence-electron chi connectivity index (χ2n) is 5.63. The fourth-order valence-corrected chi connectivity index (χ4v) is 2.78. The van der Waals surface area contributed by atoms with Crippen LogP contribution >= 0.6 is 0 Å². The van der Waals surface area contributed by atoms with E-state index in [1.165, 1.54) is 6.07 Å². The maximum atomic E-state index is 12.7. The summed E-state index contributed by atoms with van der Waals surface area (Å²) in [5, 5.41) is 0. The second kappa shape index (κ2) is 6.48. The summed E-state index contributed by atoms with van der Waals surface area (Å²) < 4.78 is 75.0. The molecule has 0 aliphatic carbocycles. The molecule has 1 saturated heterocycles. The molecule has 1 heterocycles. The smallest absolute Gasteiger partial charge is 0.302 e. The molecule has 0 amide bonds. The molecule has 2 rings (SSSR count). The molecular formula is C15H17F6N. The first-order chi connectivity index (χ1) is 10.1. The number of halogens is 6. The average molecular weight is 325 g/mol. The van der Waals surface area contributed by atoms with E-state index >= 15 is 0 Å². The van der Waals surface area contributed by atoms with Gasteiger partial charge >= 0.3 is 12.4 Å². The van der Waals surface area contributed by atoms with Crippen LogP contribution in [0.4, 0.5) is 26.3 Å². The standard InChI is InChI=1S/C15H17F6N/c16-14(17,18)6-8-22-7-2-4-12(10-22)11-3-1-5-13(9-11)15(19,20)21/h1,3,5,9,12H,2,4,6-8,10H2/t12-/m1/s1. The van der Waals surface area contributed by atoms with E-state index in [9.17, 15) is 26.3 Å². The minimum atomic E-state index is -4.40. The Morgan fingerprint density at radius 2 is 1.82 bits per heavy atom. The number of piperidine rings is 1. The highest BCUT2D eigenvalue weighted by molar-refractivity contribution is 5.28. The summed E-state index contributed by atoms with van der Waals surface area (Å²) in [6, 6.07) is 5.09. The lowest BCUT2D eigenvalue weighted by Crippen LogP contribution is -2.36. The Morgan fingerprint density at radius 3 is 2.45 bits per heavy atom. The zero-order valence-electron chi connectivity index (χ0n) is 11.8. The van der Waals surface area contributed by atoms with Crippen molar-refractivity contribution in [3.63, 3.8) is 0 Å². The van der Waals surface area contributed by atoms with E-state index < -0.39 is 24.3 Å². The van der Waals surface area contributed by atoms with Gasteiger partial charge in [0.15, 0.2) is 0 Å². The first-order valence-corrected chi connectivity index (χ1v) is 7.11. The predicted molar refractivity (Wildman–Crippen MR) is 70.5 cm³/mol. The first-order valence-electron chi connectivity index (χ1n) is 7.11. The Balaban J connectivity index is 2.03. The summed E-state index contributed by atoms with van der Waals surface area (Å²) >= 11 is 0. The largest absolute Gasteiger partial charge is 0.416 e. The number of hydrogen-bond donors (Lipinski definition) is 0. The minimum Gasteiger partial charge on any atom is -0.302 e. The summed E-state index contributed by atoms with van der Waals surface area (Å²) in [5.74, 6) is -0.149. The van der Waals surface area contributed by atoms with Crippen LogP contribution in [0.2, 0.25) is 0 Å². The molecule has 1 fully saturated rings. The highest BCUT2D eigenvalue weighted by Crippen LogP contribution is 2.34. The molecule has 0 N–H and O–H groups in total. The van der Waals surface area contributed by atoms with Gasteiger partial charge in [-0.25, -0.2) is 0 Å². The van der Waals surface area contributed by atoms with Crippen LogP contribution in [-0.2, 0) is 6.18 Å². The van der Waals surface area contributed by atoms with Gasteiger partial charge in [-0.2, -0.15) is 26.3 Å². The van der Waals surface area contributed by atoms with Gasteiger partial charge in [-0.05, 0) is 36.9 Å². The molecule has 0 unspecified atom stereocenters. The van der Waals surface area contributed by atoms with Gasteiger partial charge in [0.25, 0.3) is 0 Å². The van der Waals surface area contributed by atoms with Crippen molar-refractivity contribution in [3.8, 4) is 0 Å². The predicted octanol–water partition coefficient (Wildman–Crippen LogP) is 4.84. The van der Waals surface area contributed by atoms with Gasteiger partial charge in [0.2, 0.25) is 0 Å². The fraction of sp³-hybridized carbons (Fsp3) is 0.600. The summed E-state index contributed by atoms with van der Waals surface area (Å²) in [6.45, 7) is 0.835. The Hall–Kier alpha value is -1.24. The Kier molecular flexibility index (Phi) is 5.04. The molecule has 0 radical (unpaired) electrons. The first kappa shape index (κ1) is 17.1. The van der Waals surface area contributed by atoms with Crippen LogP contribution in [-0.4, -0.2) is 30.7 Å². The van der Waals surface area contributed by atoms with E-state index in [0.29, 0.717) is 31.5 Å². The van der Waals surface area contributed by atoms with Gasteiger partial charge in [-0.15, -0.1) is 0 Å². The van der Waals surface area contributed by atoms with Crippen LogP contribution in [0.1, 0.15) is 36.3 Å². The summed E-state index contributed by atoms with van der Waals surface area (Å²) in [7, 11) is 0. The lowest BCUT2D eigenvalue weighted by molar-refractivity contribution is -0.139. The van der Waals surface area contributed by atoms with Crippen molar-refractivity contribution in [2.24, 2.45) is 0 Å². The molecule has 1 aliphatic rings. The fourth-order valence-electron chi connectivity index (χ4n) is 2.78. The van der Waals surface area contributed by atoms with E-state index in [1.54, 1.807) is 11.0 Å². The van der Waals surface area contributed by atoms with Crippen molar-refractivity contribution in [2.75, 3.05) is 19.6 Å². The van der Waals surface area contributed by atoms with Crippen molar-refractivity contribution in [1.82, 2.24) is 4.90 Å². The molecule has 0 bridgehead atoms. The van der Waals surface area contributed by atoms with E-state index in [1.807, 2.05) is 0 Å². The van der Waals surface area contributed by atoms with Crippen molar-refractivity contribution < 1.29 is 26.3 Å². The molecule has 1 aromatic carbocycles. The minimum absolute atomic E-state index is 0.0983. The van der Waals surface area contributed by atoms with Crippen LogP contribution < -0.4 is 0 Å². The van der Waals surface area contributed by atoms with Crippen LogP contribution in [0.3, 0.4) is 0 Å². The van der Waals surface area contributed by atoms with Crippen molar-refractivity contribution in [3.05, 3.63) is 35.4 Å². The van der Waals surface area contributed by atoms with Crippen molar-refractivity contribution >= 4 is 0 Å². The molecule has 1 aliphatic heterocycles. The topological polar surface area (TPSA) is 3.24 Å². The molecule has 124 valence electrons. The highest BCUT2D eigenvalue weighted by Gasteiger charge is 2.32. The highest BCUT2D eigenvalue weighted by atomic mass is 19.4. The number of likely N-dealkylation sites (tertiary alicyclic amines) is 1. The lowest BCUT2D eigenvalue weighted by Gasteiger charge is -2.33. The molecule has 1 aromatic rings. The third-order valence-corrected chi connectivity index (χ3v) is 3.90. The van der Waals surface area contributed by atoms with Crippen LogP contribution in [0.15, 0.2) is 24.3 Å². The van der Waals surface area contributed by atoms with Gasteiger partial charge in [0, 0.05) is 13.1 Å². The van der Waals surface area contributed by atoms with Gasteiger partial charge in [0.05, 0.1) is 12.0 Å². The molecule has 0 spiro atoms. The van der Waals surface area contributed by atoms with E-state index in [4.69, 9.17) is 0 Å². The van der Waals surface area contributed by atoms with Crippen LogP contribution in [0, 0.1) is 0 Å². The van der Waals surface area contributed by atoms with E-state index in [-0.39, 0.29) is 12.5 Å².